The predicted molar refractivity (Wildman–Crippen MR) is 104 cm³/mol. The molecule has 0 bridgehead atoms. The zero-order chi connectivity index (χ0) is 19.7. The van der Waals surface area contributed by atoms with Gasteiger partial charge in [0, 0.05) is 16.1 Å². The molecule has 0 saturated carbocycles. The van der Waals surface area contributed by atoms with E-state index in [0.717, 1.165) is 16.7 Å². The number of benzene rings is 2. The molecule has 0 amide bonds. The van der Waals surface area contributed by atoms with Crippen molar-refractivity contribution in [1.82, 2.24) is 0 Å². The lowest BCUT2D eigenvalue weighted by atomic mass is 9.88. The number of halogens is 1. The van der Waals surface area contributed by atoms with Gasteiger partial charge in [-0.2, -0.15) is 0 Å². The molecule has 0 aliphatic heterocycles. The number of fused-ring (bicyclic) bond motifs is 1. The van der Waals surface area contributed by atoms with E-state index in [9.17, 15) is 9.59 Å². The molecular formula is C22H23ClO4. The lowest BCUT2D eigenvalue weighted by Gasteiger charge is -2.22. The fourth-order valence-corrected chi connectivity index (χ4v) is 3.61. The van der Waals surface area contributed by atoms with Crippen LogP contribution in [0.1, 0.15) is 58.5 Å². The van der Waals surface area contributed by atoms with Crippen LogP contribution in [0, 0.1) is 19.8 Å². The quantitative estimate of drug-likeness (QED) is 0.624. The maximum absolute atomic E-state index is 13.1. The van der Waals surface area contributed by atoms with Gasteiger partial charge in [0.05, 0.1) is 12.5 Å². The summed E-state index contributed by atoms with van der Waals surface area (Å²) in [6.45, 7) is 8.01. The summed E-state index contributed by atoms with van der Waals surface area (Å²) in [5.41, 5.74) is 3.95. The van der Waals surface area contributed by atoms with Crippen molar-refractivity contribution in [2.75, 3.05) is 6.61 Å². The average molecular weight is 387 g/mol. The van der Waals surface area contributed by atoms with Crippen LogP contribution in [-0.2, 0) is 9.47 Å². The van der Waals surface area contributed by atoms with Crippen molar-refractivity contribution in [3.05, 3.63) is 69.2 Å². The number of ketones is 1. The molecule has 0 saturated heterocycles. The van der Waals surface area contributed by atoms with Crippen molar-refractivity contribution in [2.24, 2.45) is 5.92 Å². The highest BCUT2D eigenvalue weighted by atomic mass is 35.5. The minimum Gasteiger partial charge on any atom is -0.434 e. The highest BCUT2D eigenvalue weighted by molar-refractivity contribution is 6.31. The third-order valence-electron chi connectivity index (χ3n) is 4.97. The second-order valence-electron chi connectivity index (χ2n) is 7.31. The summed E-state index contributed by atoms with van der Waals surface area (Å²) >= 11 is 6.22. The first-order chi connectivity index (χ1) is 12.8. The van der Waals surface area contributed by atoms with Crippen LogP contribution < -0.4 is 0 Å². The van der Waals surface area contributed by atoms with Gasteiger partial charge in [0.15, 0.2) is 5.78 Å². The van der Waals surface area contributed by atoms with Crippen molar-refractivity contribution in [3.63, 3.8) is 0 Å². The summed E-state index contributed by atoms with van der Waals surface area (Å²) in [5, 5.41) is 0.646. The van der Waals surface area contributed by atoms with Crippen LogP contribution in [0.25, 0.3) is 0 Å². The van der Waals surface area contributed by atoms with Crippen molar-refractivity contribution in [1.29, 1.82) is 0 Å². The lowest BCUT2D eigenvalue weighted by Crippen LogP contribution is -2.20. The maximum atomic E-state index is 13.1. The number of hydrogen-bond acceptors (Lipinski definition) is 4. The van der Waals surface area contributed by atoms with Gasteiger partial charge in [-0.05, 0) is 42.5 Å². The van der Waals surface area contributed by atoms with Gasteiger partial charge >= 0.3 is 6.16 Å². The molecule has 5 heteroatoms. The highest BCUT2D eigenvalue weighted by Crippen LogP contribution is 2.46. The Labute approximate surface area is 164 Å². The SMILES string of the molecule is Cc1c(Cl)ccc(C2C(=O)c3ccccc3C2OC(=O)OCC(C)C)c1C. The summed E-state index contributed by atoms with van der Waals surface area (Å²) in [4.78, 5) is 25.4. The van der Waals surface area contributed by atoms with Gasteiger partial charge in [0.1, 0.15) is 6.10 Å². The van der Waals surface area contributed by atoms with Gasteiger partial charge < -0.3 is 9.47 Å². The first-order valence-electron chi connectivity index (χ1n) is 9.03. The van der Waals surface area contributed by atoms with Gasteiger partial charge in [-0.3, -0.25) is 4.79 Å². The van der Waals surface area contributed by atoms with Crippen LogP contribution in [0.2, 0.25) is 5.02 Å². The molecule has 27 heavy (non-hydrogen) atoms. The standard InChI is InChI=1S/C22H23ClO4/c1-12(2)11-26-22(25)27-21-17-8-6-5-7-16(17)20(24)19(21)15-9-10-18(23)14(4)13(15)3/h5-10,12,19,21H,11H2,1-4H3. The summed E-state index contributed by atoms with van der Waals surface area (Å²) in [6.07, 6.45) is -1.47. The topological polar surface area (TPSA) is 52.6 Å². The number of hydrogen-bond donors (Lipinski definition) is 0. The number of rotatable bonds is 4. The Hall–Kier alpha value is -2.33. The Morgan fingerprint density at radius 2 is 1.78 bits per heavy atom. The van der Waals surface area contributed by atoms with Gasteiger partial charge in [-0.1, -0.05) is 55.8 Å². The van der Waals surface area contributed by atoms with Crippen LogP contribution in [0.4, 0.5) is 4.79 Å². The van der Waals surface area contributed by atoms with E-state index in [-0.39, 0.29) is 18.3 Å². The zero-order valence-corrected chi connectivity index (χ0v) is 16.7. The summed E-state index contributed by atoms with van der Waals surface area (Å²) in [7, 11) is 0. The minimum absolute atomic E-state index is 0.0583. The van der Waals surface area contributed by atoms with Crippen LogP contribution in [-0.4, -0.2) is 18.5 Å². The molecule has 0 N–H and O–H groups in total. The smallest absolute Gasteiger partial charge is 0.434 e. The van der Waals surface area contributed by atoms with E-state index in [4.69, 9.17) is 21.1 Å². The summed E-state index contributed by atoms with van der Waals surface area (Å²) in [5.74, 6) is -0.464. The van der Waals surface area contributed by atoms with Crippen LogP contribution in [0.5, 0.6) is 0 Å². The van der Waals surface area contributed by atoms with Crippen molar-refractivity contribution >= 4 is 23.5 Å². The minimum atomic E-state index is -0.758. The van der Waals surface area contributed by atoms with E-state index in [2.05, 4.69) is 0 Å². The molecule has 4 nitrogen and oxygen atoms in total. The molecule has 0 heterocycles. The van der Waals surface area contributed by atoms with E-state index in [1.165, 1.54) is 0 Å². The molecule has 0 radical (unpaired) electrons. The van der Waals surface area contributed by atoms with E-state index >= 15 is 0 Å². The molecule has 0 fully saturated rings. The van der Waals surface area contributed by atoms with E-state index in [1.54, 1.807) is 12.1 Å². The first kappa shape index (κ1) is 19.4. The predicted octanol–water partition coefficient (Wildman–Crippen LogP) is 5.79. The zero-order valence-electron chi connectivity index (χ0n) is 15.9. The monoisotopic (exact) mass is 386 g/mol. The Bertz CT molecular complexity index is 888. The lowest BCUT2D eigenvalue weighted by molar-refractivity contribution is 0.0124. The molecule has 2 atom stereocenters. The molecule has 2 aromatic carbocycles. The third kappa shape index (κ3) is 3.72. The van der Waals surface area contributed by atoms with Gasteiger partial charge in [0.2, 0.25) is 0 Å². The molecule has 0 aromatic heterocycles. The maximum Gasteiger partial charge on any atom is 0.508 e. The molecule has 2 aromatic rings. The van der Waals surface area contributed by atoms with Crippen molar-refractivity contribution < 1.29 is 19.1 Å². The number of carbonyl (C=O) groups is 2. The van der Waals surface area contributed by atoms with Crippen LogP contribution in [0.15, 0.2) is 36.4 Å². The van der Waals surface area contributed by atoms with E-state index in [1.807, 2.05) is 52.0 Å². The number of carbonyl (C=O) groups excluding carboxylic acids is 2. The second-order valence-corrected chi connectivity index (χ2v) is 7.72. The molecule has 3 rings (SSSR count). The number of Topliss-reactive ketones (excluding diaryl/α,β-unsaturated/α-hetero) is 1. The van der Waals surface area contributed by atoms with E-state index in [0.29, 0.717) is 16.1 Å². The van der Waals surface area contributed by atoms with Gasteiger partial charge in [-0.15, -0.1) is 0 Å². The van der Waals surface area contributed by atoms with Gasteiger partial charge in [-0.25, -0.2) is 4.79 Å². The Morgan fingerprint density at radius 1 is 1.07 bits per heavy atom. The largest absolute Gasteiger partial charge is 0.508 e. The number of ether oxygens (including phenoxy) is 2. The fraction of sp³-hybridized carbons (Fsp3) is 0.364. The average Bonchev–Trinajstić information content (AvgIpc) is 2.91. The molecule has 2 unspecified atom stereocenters. The summed E-state index contributed by atoms with van der Waals surface area (Å²) in [6, 6.07) is 10.9. The molecule has 142 valence electrons. The van der Waals surface area contributed by atoms with Crippen molar-refractivity contribution in [3.8, 4) is 0 Å². The molecular weight excluding hydrogens is 364 g/mol. The van der Waals surface area contributed by atoms with Gasteiger partial charge in [0.25, 0.3) is 0 Å². The Morgan fingerprint density at radius 3 is 2.48 bits per heavy atom. The van der Waals surface area contributed by atoms with Crippen LogP contribution >= 0.6 is 11.6 Å². The molecule has 1 aliphatic carbocycles. The highest BCUT2D eigenvalue weighted by Gasteiger charge is 2.44. The molecule has 0 spiro atoms. The second kappa shape index (κ2) is 7.73. The normalized spacial score (nSPS) is 18.5. The molecule has 1 aliphatic rings. The van der Waals surface area contributed by atoms with Crippen molar-refractivity contribution in [2.45, 2.75) is 39.7 Å². The van der Waals surface area contributed by atoms with Crippen LogP contribution in [0.3, 0.4) is 0 Å². The first-order valence-corrected chi connectivity index (χ1v) is 9.41. The fourth-order valence-electron chi connectivity index (χ4n) is 3.41. The summed E-state index contributed by atoms with van der Waals surface area (Å²) < 4.78 is 10.8. The Balaban J connectivity index is 2.00. The Kier molecular flexibility index (Phi) is 5.56. The van der Waals surface area contributed by atoms with E-state index < -0.39 is 18.2 Å². The third-order valence-corrected chi connectivity index (χ3v) is 5.38.